The van der Waals surface area contributed by atoms with Gasteiger partial charge in [0.1, 0.15) is 0 Å². The van der Waals surface area contributed by atoms with Crippen LogP contribution in [0.4, 0.5) is 0 Å². The van der Waals surface area contributed by atoms with E-state index in [4.69, 9.17) is 5.41 Å². The Morgan fingerprint density at radius 1 is 1.47 bits per heavy atom. The zero-order chi connectivity index (χ0) is 13.1. The number of carbonyl (C=O) groups excluding carboxylic acids is 1. The zero-order valence-corrected chi connectivity index (χ0v) is 11.4. The third-order valence-electron chi connectivity index (χ3n) is 2.93. The highest BCUT2D eigenvalue weighted by atomic mass is 16.1. The van der Waals surface area contributed by atoms with Gasteiger partial charge in [0.05, 0.1) is 0 Å². The normalized spacial score (nSPS) is 14.8. The van der Waals surface area contributed by atoms with E-state index in [0.29, 0.717) is 12.3 Å². The van der Waals surface area contributed by atoms with E-state index in [1.165, 1.54) is 19.3 Å². The molecule has 1 fully saturated rings. The van der Waals surface area contributed by atoms with Crippen molar-refractivity contribution < 1.29 is 4.79 Å². The van der Waals surface area contributed by atoms with Crippen molar-refractivity contribution in [3.63, 3.8) is 0 Å². The third-order valence-corrected chi connectivity index (χ3v) is 2.93. The molecule has 0 unspecified atom stereocenters. The van der Waals surface area contributed by atoms with E-state index in [1.54, 1.807) is 7.05 Å². The molecule has 0 aromatic rings. The summed E-state index contributed by atoms with van der Waals surface area (Å²) < 4.78 is 0. The second kappa shape index (κ2) is 10.1. The average molecular weight is 238 g/mol. The van der Waals surface area contributed by atoms with Crippen LogP contribution in [0.15, 0.2) is 12.2 Å². The van der Waals surface area contributed by atoms with Crippen LogP contribution in [0.3, 0.4) is 0 Å². The van der Waals surface area contributed by atoms with Crippen molar-refractivity contribution >= 4 is 11.6 Å². The van der Waals surface area contributed by atoms with Gasteiger partial charge in [-0.1, -0.05) is 25.8 Å². The molecule has 0 spiro atoms. The summed E-state index contributed by atoms with van der Waals surface area (Å²) in [5, 5.41) is 10.0. The molecule has 1 rings (SSSR count). The predicted molar refractivity (Wildman–Crippen MR) is 73.5 cm³/mol. The number of allylic oxidation sites excluding steroid dienone is 2. The van der Waals surface area contributed by atoms with Gasteiger partial charge in [0.25, 0.3) is 0 Å². The van der Waals surface area contributed by atoms with Gasteiger partial charge in [0.15, 0.2) is 0 Å². The minimum atomic E-state index is 0.145. The second-order valence-corrected chi connectivity index (χ2v) is 4.36. The monoisotopic (exact) mass is 238 g/mol. The highest BCUT2D eigenvalue weighted by Gasteiger charge is 2.19. The van der Waals surface area contributed by atoms with Crippen LogP contribution in [0.1, 0.15) is 52.4 Å². The van der Waals surface area contributed by atoms with E-state index in [9.17, 15) is 4.79 Å². The van der Waals surface area contributed by atoms with Crippen molar-refractivity contribution in [1.82, 2.24) is 5.32 Å². The molecule has 2 N–H and O–H groups in total. The maximum absolute atomic E-state index is 10.5. The van der Waals surface area contributed by atoms with Crippen LogP contribution in [-0.2, 0) is 4.79 Å². The van der Waals surface area contributed by atoms with Crippen molar-refractivity contribution in [1.29, 1.82) is 5.41 Å². The van der Waals surface area contributed by atoms with E-state index in [1.807, 2.05) is 19.1 Å². The quantitative estimate of drug-likeness (QED) is 0.709. The highest BCUT2D eigenvalue weighted by molar-refractivity contribution is 5.94. The largest absolute Gasteiger partial charge is 0.359 e. The Morgan fingerprint density at radius 2 is 2.12 bits per heavy atom. The Bertz CT molecular complexity index is 255. The number of hydrogen-bond donors (Lipinski definition) is 2. The molecule has 3 heteroatoms. The van der Waals surface area contributed by atoms with Gasteiger partial charge in [0, 0.05) is 25.1 Å². The fourth-order valence-electron chi connectivity index (χ4n) is 1.50. The van der Waals surface area contributed by atoms with Crippen molar-refractivity contribution in [3.05, 3.63) is 12.2 Å². The first-order chi connectivity index (χ1) is 8.15. The fourth-order valence-corrected chi connectivity index (χ4v) is 1.50. The summed E-state index contributed by atoms with van der Waals surface area (Å²) in [7, 11) is 1.66. The maximum Gasteiger partial charge on any atom is 0.219 e. The number of carbonyl (C=O) groups is 1. The molecular formula is C14H26N2O. The molecule has 0 aromatic carbocycles. The molecule has 0 bridgehead atoms. The van der Waals surface area contributed by atoms with Gasteiger partial charge < -0.3 is 10.7 Å². The van der Waals surface area contributed by atoms with E-state index in [0.717, 1.165) is 18.6 Å². The van der Waals surface area contributed by atoms with E-state index < -0.39 is 0 Å². The Labute approximate surface area is 105 Å². The second-order valence-electron chi connectivity index (χ2n) is 4.36. The van der Waals surface area contributed by atoms with Crippen LogP contribution >= 0.6 is 0 Å². The minimum absolute atomic E-state index is 0.145. The zero-order valence-electron chi connectivity index (χ0n) is 11.4. The summed E-state index contributed by atoms with van der Waals surface area (Å²) in [6.45, 7) is 4.04. The molecule has 1 aliphatic carbocycles. The number of amides is 1. The van der Waals surface area contributed by atoms with E-state index in [-0.39, 0.29) is 5.91 Å². The molecule has 0 aromatic heterocycles. The van der Waals surface area contributed by atoms with Gasteiger partial charge in [-0.25, -0.2) is 0 Å². The molecule has 1 aliphatic rings. The van der Waals surface area contributed by atoms with Crippen molar-refractivity contribution in [2.75, 3.05) is 7.05 Å². The molecule has 1 amide bonds. The summed E-state index contributed by atoms with van der Waals surface area (Å²) >= 11 is 0. The van der Waals surface area contributed by atoms with Crippen LogP contribution in [-0.4, -0.2) is 18.7 Å². The van der Waals surface area contributed by atoms with Crippen molar-refractivity contribution in [2.45, 2.75) is 52.4 Å². The first-order valence-electron chi connectivity index (χ1n) is 6.57. The molecule has 0 radical (unpaired) electrons. The Morgan fingerprint density at radius 3 is 2.47 bits per heavy atom. The lowest BCUT2D eigenvalue weighted by atomic mass is 9.81. The molecule has 98 valence electrons. The van der Waals surface area contributed by atoms with E-state index >= 15 is 0 Å². The van der Waals surface area contributed by atoms with Crippen LogP contribution in [0.25, 0.3) is 0 Å². The van der Waals surface area contributed by atoms with Gasteiger partial charge >= 0.3 is 0 Å². The van der Waals surface area contributed by atoms with Gasteiger partial charge in [-0.15, -0.1) is 0 Å². The fraction of sp³-hybridized carbons (Fsp3) is 0.714. The van der Waals surface area contributed by atoms with Crippen LogP contribution in [0.5, 0.6) is 0 Å². The Hall–Kier alpha value is -1.12. The maximum atomic E-state index is 10.5. The molecule has 1 saturated carbocycles. The highest BCUT2D eigenvalue weighted by Crippen LogP contribution is 2.27. The van der Waals surface area contributed by atoms with Crippen molar-refractivity contribution in [2.24, 2.45) is 5.92 Å². The topological polar surface area (TPSA) is 53.0 Å². The number of hydrogen-bond acceptors (Lipinski definition) is 2. The molecule has 0 heterocycles. The van der Waals surface area contributed by atoms with Crippen LogP contribution in [0.2, 0.25) is 0 Å². The third kappa shape index (κ3) is 7.72. The molecule has 3 nitrogen and oxygen atoms in total. The summed E-state index contributed by atoms with van der Waals surface area (Å²) in [6, 6.07) is 0. The van der Waals surface area contributed by atoms with Gasteiger partial charge in [-0.05, 0) is 32.3 Å². The first-order valence-corrected chi connectivity index (χ1v) is 6.57. The lowest BCUT2D eigenvalue weighted by Crippen LogP contribution is -2.19. The summed E-state index contributed by atoms with van der Waals surface area (Å²) in [5.41, 5.74) is 0.823. The summed E-state index contributed by atoms with van der Waals surface area (Å²) in [4.78, 5) is 10.5. The Balaban J connectivity index is 0.000000304. The number of rotatable bonds is 5. The van der Waals surface area contributed by atoms with Crippen LogP contribution < -0.4 is 5.32 Å². The Kier molecular flexibility index (Phi) is 9.40. The lowest BCUT2D eigenvalue weighted by Gasteiger charge is -2.24. The number of unbranched alkanes of at least 4 members (excludes halogenated alkanes) is 1. The summed E-state index contributed by atoms with van der Waals surface area (Å²) in [6.07, 6.45) is 10.4. The number of nitrogens with one attached hydrogen (secondary N) is 2. The standard InChI is InChI=1S/C8H13N.C6H13NO/c1-2-4-8(9)7-5-3-6-7;1-3-4-5-6(8)7-2/h2,4,7,9H,3,5-6H2,1H3;3-5H2,1-2H3,(H,7,8)/b4-2-,9-8?;. The predicted octanol–water partition coefficient (Wildman–Crippen LogP) is 3.30. The summed E-state index contributed by atoms with van der Waals surface area (Å²) in [5.74, 6) is 0.744. The molecule has 17 heavy (non-hydrogen) atoms. The van der Waals surface area contributed by atoms with Crippen molar-refractivity contribution in [3.8, 4) is 0 Å². The smallest absolute Gasteiger partial charge is 0.219 e. The SMILES string of the molecule is C/C=C\C(=N)C1CCC1.CCCCC(=O)NC. The van der Waals surface area contributed by atoms with E-state index in [2.05, 4.69) is 12.2 Å². The average Bonchev–Trinajstić information content (AvgIpc) is 2.24. The van der Waals surface area contributed by atoms with Gasteiger partial charge in [-0.3, -0.25) is 4.79 Å². The van der Waals surface area contributed by atoms with Gasteiger partial charge in [-0.2, -0.15) is 0 Å². The van der Waals surface area contributed by atoms with Crippen LogP contribution in [0, 0.1) is 11.3 Å². The molecule has 0 saturated heterocycles. The van der Waals surface area contributed by atoms with Gasteiger partial charge in [0.2, 0.25) is 5.91 Å². The molecule has 0 atom stereocenters. The molecular weight excluding hydrogens is 212 g/mol. The minimum Gasteiger partial charge on any atom is -0.359 e. The molecule has 0 aliphatic heterocycles. The lowest BCUT2D eigenvalue weighted by molar-refractivity contribution is -0.120. The first kappa shape index (κ1) is 15.9.